The highest BCUT2D eigenvalue weighted by Crippen LogP contribution is 2.37. The van der Waals surface area contributed by atoms with Gasteiger partial charge in [0.05, 0.1) is 13.2 Å². The molecule has 2 unspecified atom stereocenters. The van der Waals surface area contributed by atoms with Crippen LogP contribution in [0.25, 0.3) is 0 Å². The lowest BCUT2D eigenvalue weighted by atomic mass is 10.1. The number of rotatable bonds is 5. The number of hydrogen-bond donors (Lipinski definition) is 0. The van der Waals surface area contributed by atoms with E-state index in [2.05, 4.69) is 4.99 Å². The Kier molecular flexibility index (Phi) is 5.20. The lowest BCUT2D eigenvalue weighted by molar-refractivity contribution is -0.143. The third-order valence-electron chi connectivity index (χ3n) is 6.06. The van der Waals surface area contributed by atoms with Crippen molar-refractivity contribution in [2.45, 2.75) is 46.4 Å². The maximum Gasteiger partial charge on any atom is 0.328 e. The minimum atomic E-state index is -0.662. The van der Waals surface area contributed by atoms with Crippen molar-refractivity contribution < 1.29 is 19.1 Å². The van der Waals surface area contributed by atoms with E-state index in [1.54, 1.807) is 18.9 Å². The summed E-state index contributed by atoms with van der Waals surface area (Å²) in [5.74, 6) is -0.161. The van der Waals surface area contributed by atoms with Gasteiger partial charge in [-0.1, -0.05) is 29.8 Å². The molecule has 9 heteroatoms. The van der Waals surface area contributed by atoms with Gasteiger partial charge < -0.3 is 14.5 Å². The predicted molar refractivity (Wildman–Crippen MR) is 113 cm³/mol. The standard InChI is InChI=1S/C22H27N5O4/c1-6-31-17(28)12-25-14(3)15(4)27-18-19(23-21(25)27)24(5)22(30)26(20(18)29)11-16-9-7-13(2)8-10-16/h7-10,18-19H,6,11-12H2,1-5H3. The first kappa shape index (κ1) is 20.9. The number of aliphatic imine (C=N–C) groups is 1. The molecule has 0 bridgehead atoms. The van der Waals surface area contributed by atoms with Crippen LogP contribution in [0.15, 0.2) is 40.7 Å². The van der Waals surface area contributed by atoms with Crippen LogP contribution in [0.3, 0.4) is 0 Å². The van der Waals surface area contributed by atoms with E-state index in [4.69, 9.17) is 4.74 Å². The van der Waals surface area contributed by atoms with Gasteiger partial charge in [-0.3, -0.25) is 19.4 Å². The van der Waals surface area contributed by atoms with Gasteiger partial charge in [-0.2, -0.15) is 0 Å². The number of esters is 1. The van der Waals surface area contributed by atoms with E-state index in [9.17, 15) is 14.4 Å². The average Bonchev–Trinajstić information content (AvgIpc) is 3.23. The molecule has 0 saturated carbocycles. The molecule has 0 aromatic heterocycles. The molecule has 9 nitrogen and oxygen atoms in total. The van der Waals surface area contributed by atoms with Gasteiger partial charge in [0.25, 0.3) is 5.91 Å². The third kappa shape index (κ3) is 3.34. The zero-order valence-corrected chi connectivity index (χ0v) is 18.5. The first-order valence-corrected chi connectivity index (χ1v) is 10.4. The number of guanidine groups is 1. The molecule has 3 amide bonds. The van der Waals surface area contributed by atoms with Crippen molar-refractivity contribution in [2.24, 2.45) is 4.99 Å². The van der Waals surface area contributed by atoms with Crippen molar-refractivity contribution >= 4 is 23.9 Å². The molecule has 31 heavy (non-hydrogen) atoms. The highest BCUT2D eigenvalue weighted by atomic mass is 16.5. The summed E-state index contributed by atoms with van der Waals surface area (Å²) >= 11 is 0. The van der Waals surface area contributed by atoms with Gasteiger partial charge in [-0.05, 0) is 33.3 Å². The number of amides is 3. The lowest BCUT2D eigenvalue weighted by Crippen LogP contribution is -2.64. The van der Waals surface area contributed by atoms with Crippen molar-refractivity contribution in [1.82, 2.24) is 19.6 Å². The second-order valence-electron chi connectivity index (χ2n) is 8.02. The number of hydrogen-bond acceptors (Lipinski definition) is 7. The van der Waals surface area contributed by atoms with Gasteiger partial charge in [-0.15, -0.1) is 0 Å². The topological polar surface area (TPSA) is 85.8 Å². The summed E-state index contributed by atoms with van der Waals surface area (Å²) in [6.45, 7) is 8.02. The quantitative estimate of drug-likeness (QED) is 0.670. The Labute approximate surface area is 181 Å². The molecule has 3 heterocycles. The second kappa shape index (κ2) is 7.72. The first-order chi connectivity index (χ1) is 14.7. The van der Waals surface area contributed by atoms with Gasteiger partial charge in [0.1, 0.15) is 6.54 Å². The zero-order valence-electron chi connectivity index (χ0n) is 18.5. The van der Waals surface area contributed by atoms with E-state index >= 15 is 0 Å². The summed E-state index contributed by atoms with van der Waals surface area (Å²) in [6.07, 6.45) is -0.642. The molecule has 0 spiro atoms. The monoisotopic (exact) mass is 425 g/mol. The van der Waals surface area contributed by atoms with Crippen molar-refractivity contribution in [3.05, 3.63) is 46.8 Å². The highest BCUT2D eigenvalue weighted by Gasteiger charge is 2.55. The van der Waals surface area contributed by atoms with Gasteiger partial charge >= 0.3 is 12.0 Å². The van der Waals surface area contributed by atoms with Crippen molar-refractivity contribution in [3.8, 4) is 0 Å². The van der Waals surface area contributed by atoms with Crippen molar-refractivity contribution in [2.75, 3.05) is 20.2 Å². The van der Waals surface area contributed by atoms with E-state index in [-0.39, 0.29) is 31.0 Å². The fraction of sp³-hybridized carbons (Fsp3) is 0.455. The average molecular weight is 425 g/mol. The number of fused-ring (bicyclic) bond motifs is 3. The number of benzene rings is 1. The molecule has 0 N–H and O–H groups in total. The van der Waals surface area contributed by atoms with Crippen LogP contribution >= 0.6 is 0 Å². The fourth-order valence-corrected chi connectivity index (χ4v) is 4.23. The van der Waals surface area contributed by atoms with Crippen molar-refractivity contribution in [1.29, 1.82) is 0 Å². The first-order valence-electron chi connectivity index (χ1n) is 10.4. The summed E-state index contributed by atoms with van der Waals surface area (Å²) in [5, 5.41) is 0. The van der Waals surface area contributed by atoms with Gasteiger partial charge in [0.2, 0.25) is 5.96 Å². The molecule has 1 aromatic carbocycles. The normalized spacial score (nSPS) is 22.8. The lowest BCUT2D eigenvalue weighted by Gasteiger charge is -2.40. The van der Waals surface area contributed by atoms with Crippen LogP contribution in [-0.2, 0) is 20.9 Å². The Hall–Kier alpha value is -3.36. The molecule has 3 aliphatic rings. The molecule has 1 aromatic rings. The van der Waals surface area contributed by atoms with E-state index in [1.807, 2.05) is 49.9 Å². The number of allylic oxidation sites excluding steroid dienone is 2. The Morgan fingerprint density at radius 1 is 1.06 bits per heavy atom. The van der Waals surface area contributed by atoms with Crippen molar-refractivity contribution in [3.63, 3.8) is 0 Å². The Bertz CT molecular complexity index is 1000. The molecule has 0 radical (unpaired) electrons. The predicted octanol–water partition coefficient (Wildman–Crippen LogP) is 1.89. The number of carbonyl (C=O) groups excluding carboxylic acids is 3. The summed E-state index contributed by atoms with van der Waals surface area (Å²) in [7, 11) is 1.66. The Balaban J connectivity index is 1.63. The molecule has 164 valence electrons. The number of nitrogens with zero attached hydrogens (tertiary/aromatic N) is 5. The Morgan fingerprint density at radius 2 is 1.74 bits per heavy atom. The van der Waals surface area contributed by atoms with E-state index in [0.29, 0.717) is 12.6 Å². The van der Waals surface area contributed by atoms with Crippen LogP contribution in [0, 0.1) is 6.92 Å². The maximum atomic E-state index is 13.5. The number of imide groups is 1. The van der Waals surface area contributed by atoms with Gasteiger partial charge in [0, 0.05) is 18.4 Å². The molecule has 1 saturated heterocycles. The number of urea groups is 1. The zero-order chi connectivity index (χ0) is 22.4. The summed E-state index contributed by atoms with van der Waals surface area (Å²) in [4.78, 5) is 49.7. The van der Waals surface area contributed by atoms with Gasteiger partial charge in [-0.25, -0.2) is 9.79 Å². The molecular weight excluding hydrogens is 398 g/mol. The van der Waals surface area contributed by atoms with Crippen LogP contribution in [0.5, 0.6) is 0 Å². The van der Waals surface area contributed by atoms with Crippen LogP contribution in [0.1, 0.15) is 31.9 Å². The molecular formula is C22H27N5O4. The summed E-state index contributed by atoms with van der Waals surface area (Å²) < 4.78 is 5.09. The summed E-state index contributed by atoms with van der Waals surface area (Å²) in [5.41, 5.74) is 3.66. The third-order valence-corrected chi connectivity index (χ3v) is 6.06. The Morgan fingerprint density at radius 3 is 2.39 bits per heavy atom. The fourth-order valence-electron chi connectivity index (χ4n) is 4.23. The van der Waals surface area contributed by atoms with E-state index in [1.165, 1.54) is 9.80 Å². The largest absolute Gasteiger partial charge is 0.465 e. The number of ether oxygens (including phenoxy) is 1. The molecule has 0 aliphatic carbocycles. The van der Waals surface area contributed by atoms with Gasteiger partial charge in [0.15, 0.2) is 12.2 Å². The number of carbonyl (C=O) groups is 3. The smallest absolute Gasteiger partial charge is 0.328 e. The molecule has 4 rings (SSSR count). The minimum Gasteiger partial charge on any atom is -0.465 e. The van der Waals surface area contributed by atoms with Crippen LogP contribution in [-0.4, -0.2) is 75.9 Å². The van der Waals surface area contributed by atoms with Crippen LogP contribution in [0.2, 0.25) is 0 Å². The molecule has 3 aliphatic heterocycles. The molecule has 2 atom stereocenters. The van der Waals surface area contributed by atoms with Crippen LogP contribution in [0.4, 0.5) is 4.79 Å². The maximum absolute atomic E-state index is 13.5. The summed E-state index contributed by atoms with van der Waals surface area (Å²) in [6, 6.07) is 6.72. The number of aryl methyl sites for hydroxylation is 1. The van der Waals surface area contributed by atoms with E-state index in [0.717, 1.165) is 22.5 Å². The minimum absolute atomic E-state index is 0.00468. The number of likely N-dealkylation sites (N-methyl/N-ethyl adjacent to an activating group) is 1. The highest BCUT2D eigenvalue weighted by molar-refractivity contribution is 6.05. The SMILES string of the molecule is CCOC(=O)CN1C2=NC3C(C(=O)N(Cc4ccc(C)cc4)C(=O)N3C)N2C(C)=C1C. The second-order valence-corrected chi connectivity index (χ2v) is 8.02. The van der Waals surface area contributed by atoms with E-state index < -0.39 is 12.2 Å². The molecule has 1 fully saturated rings. The van der Waals surface area contributed by atoms with Crippen LogP contribution < -0.4 is 0 Å².